The van der Waals surface area contributed by atoms with Gasteiger partial charge in [0.05, 0.1) is 37.6 Å². The number of nitrogens with one attached hydrogen (secondary N) is 1. The van der Waals surface area contributed by atoms with E-state index in [1.54, 1.807) is 7.11 Å². The van der Waals surface area contributed by atoms with Crippen LogP contribution in [-0.2, 0) is 0 Å². The Labute approximate surface area is 182 Å². The molecule has 156 valence electrons. The van der Waals surface area contributed by atoms with Gasteiger partial charge in [0.2, 0.25) is 0 Å². The molecule has 1 saturated heterocycles. The second-order valence-corrected chi connectivity index (χ2v) is 7.89. The fourth-order valence-electron chi connectivity index (χ4n) is 3.64. The summed E-state index contributed by atoms with van der Waals surface area (Å²) in [5.74, 6) is 0.846. The number of aliphatic imine (C=N–C) groups is 1. The lowest BCUT2D eigenvalue weighted by Gasteiger charge is -2.29. The van der Waals surface area contributed by atoms with E-state index in [4.69, 9.17) is 17.0 Å². The molecule has 0 bridgehead atoms. The van der Waals surface area contributed by atoms with Crippen LogP contribution in [0, 0.1) is 0 Å². The first-order valence-electron chi connectivity index (χ1n) is 10.1. The minimum atomic E-state index is 0.0257. The van der Waals surface area contributed by atoms with Gasteiger partial charge >= 0.3 is 0 Å². The summed E-state index contributed by atoms with van der Waals surface area (Å²) >= 11 is 5.41. The molecule has 2 aromatic carbocycles. The van der Waals surface area contributed by atoms with Crippen molar-refractivity contribution in [3.63, 3.8) is 0 Å². The predicted octanol–water partition coefficient (Wildman–Crippen LogP) is 3.75. The molecule has 1 atom stereocenters. The molecule has 7 nitrogen and oxygen atoms in total. The van der Waals surface area contributed by atoms with Crippen molar-refractivity contribution in [3.8, 4) is 5.75 Å². The Morgan fingerprint density at radius 2 is 1.80 bits per heavy atom. The van der Waals surface area contributed by atoms with Crippen LogP contribution < -0.4 is 10.1 Å². The molecule has 0 spiro atoms. The maximum atomic E-state index is 5.52. The largest absolute Gasteiger partial charge is 0.496 e. The number of thiocarbonyl (C=S) groups is 1. The number of para-hydroxylation sites is 1. The van der Waals surface area contributed by atoms with Gasteiger partial charge in [0.1, 0.15) is 5.75 Å². The summed E-state index contributed by atoms with van der Waals surface area (Å²) in [6.07, 6.45) is 0.725. The van der Waals surface area contributed by atoms with Crippen molar-refractivity contribution in [3.05, 3.63) is 59.7 Å². The molecule has 30 heavy (non-hydrogen) atoms. The Balaban J connectivity index is 1.46. The third kappa shape index (κ3) is 4.83. The SMILES string of the molecule is COc1ccccc1C1CC(c2ccc(N=NN3CCN(C)CC3)cc2)=NC(=S)N1. The second-order valence-electron chi connectivity index (χ2n) is 7.50. The molecule has 0 radical (unpaired) electrons. The van der Waals surface area contributed by atoms with Gasteiger partial charge in [-0.05, 0) is 43.0 Å². The van der Waals surface area contributed by atoms with Gasteiger partial charge in [-0.3, -0.25) is 5.01 Å². The highest BCUT2D eigenvalue weighted by atomic mass is 32.1. The summed E-state index contributed by atoms with van der Waals surface area (Å²) in [6, 6.07) is 16.0. The molecule has 0 saturated carbocycles. The standard InChI is InChI=1S/C22H26N6OS/c1-27-11-13-28(14-12-27)26-25-17-9-7-16(8-10-17)19-15-20(24-22(30)23-19)18-5-3-4-6-21(18)29-2/h3-10,20H,11-15H2,1-2H3,(H,24,30). The first-order chi connectivity index (χ1) is 14.6. The maximum Gasteiger partial charge on any atom is 0.193 e. The average molecular weight is 423 g/mol. The summed E-state index contributed by atoms with van der Waals surface area (Å²) in [7, 11) is 3.81. The first-order valence-corrected chi connectivity index (χ1v) is 10.5. The molecular weight excluding hydrogens is 396 g/mol. The van der Waals surface area contributed by atoms with E-state index in [1.807, 2.05) is 47.5 Å². The molecule has 1 unspecified atom stereocenters. The molecule has 2 aliphatic rings. The van der Waals surface area contributed by atoms with E-state index in [2.05, 4.69) is 38.7 Å². The van der Waals surface area contributed by atoms with Crippen LogP contribution in [-0.4, -0.2) is 61.1 Å². The van der Waals surface area contributed by atoms with E-state index in [1.165, 1.54) is 0 Å². The van der Waals surface area contributed by atoms with Gasteiger partial charge in [0, 0.05) is 25.1 Å². The second kappa shape index (κ2) is 9.32. The quantitative estimate of drug-likeness (QED) is 0.587. The van der Waals surface area contributed by atoms with E-state index < -0.39 is 0 Å². The zero-order valence-electron chi connectivity index (χ0n) is 17.3. The van der Waals surface area contributed by atoms with Crippen LogP contribution in [0.25, 0.3) is 0 Å². The lowest BCUT2D eigenvalue weighted by atomic mass is 9.95. The van der Waals surface area contributed by atoms with E-state index >= 15 is 0 Å². The fraction of sp³-hybridized carbons (Fsp3) is 0.364. The number of methoxy groups -OCH3 is 1. The number of ether oxygens (including phenoxy) is 1. The number of likely N-dealkylation sites (N-methyl/N-ethyl adjacent to an activating group) is 1. The van der Waals surface area contributed by atoms with E-state index in [-0.39, 0.29) is 6.04 Å². The van der Waals surface area contributed by atoms with E-state index in [0.717, 1.165) is 60.9 Å². The third-order valence-electron chi connectivity index (χ3n) is 5.41. The van der Waals surface area contributed by atoms with Crippen molar-refractivity contribution in [2.75, 3.05) is 40.3 Å². The molecule has 0 amide bonds. The third-order valence-corrected chi connectivity index (χ3v) is 5.62. The monoisotopic (exact) mass is 422 g/mol. The molecule has 1 N–H and O–H groups in total. The fourth-order valence-corrected chi connectivity index (χ4v) is 3.89. The van der Waals surface area contributed by atoms with Crippen molar-refractivity contribution >= 4 is 28.7 Å². The maximum absolute atomic E-state index is 5.52. The number of nitrogens with zero attached hydrogens (tertiary/aromatic N) is 5. The van der Waals surface area contributed by atoms with Crippen LogP contribution in [0.15, 0.2) is 63.9 Å². The van der Waals surface area contributed by atoms with Crippen LogP contribution in [0.2, 0.25) is 0 Å². The van der Waals surface area contributed by atoms with E-state index in [0.29, 0.717) is 5.11 Å². The van der Waals surface area contributed by atoms with Crippen LogP contribution >= 0.6 is 12.2 Å². The van der Waals surface area contributed by atoms with Gasteiger partial charge in [-0.25, -0.2) is 4.99 Å². The number of hydrogen-bond acceptors (Lipinski definition) is 5. The van der Waals surface area contributed by atoms with Gasteiger partial charge in [0.25, 0.3) is 0 Å². The van der Waals surface area contributed by atoms with Crippen molar-refractivity contribution in [2.24, 2.45) is 15.3 Å². The highest BCUT2D eigenvalue weighted by Crippen LogP contribution is 2.30. The molecule has 0 aromatic heterocycles. The van der Waals surface area contributed by atoms with Crippen LogP contribution in [0.5, 0.6) is 5.75 Å². The van der Waals surface area contributed by atoms with Gasteiger partial charge < -0.3 is 15.0 Å². The average Bonchev–Trinajstić information content (AvgIpc) is 2.78. The van der Waals surface area contributed by atoms with E-state index in [9.17, 15) is 0 Å². The molecule has 2 aromatic rings. The summed E-state index contributed by atoms with van der Waals surface area (Å²) in [4.78, 5) is 6.86. The summed E-state index contributed by atoms with van der Waals surface area (Å²) in [5.41, 5.74) is 3.90. The normalized spacial score (nSPS) is 20.2. The molecule has 2 aliphatic heterocycles. The number of hydrogen-bond donors (Lipinski definition) is 1. The summed E-state index contributed by atoms with van der Waals surface area (Å²) in [6.45, 7) is 3.84. The minimum absolute atomic E-state index is 0.0257. The number of rotatable bonds is 5. The van der Waals surface area contributed by atoms with Gasteiger partial charge in [-0.15, -0.1) is 5.11 Å². The zero-order chi connectivity index (χ0) is 20.9. The molecule has 2 heterocycles. The Morgan fingerprint density at radius 3 is 2.53 bits per heavy atom. The minimum Gasteiger partial charge on any atom is -0.496 e. The van der Waals surface area contributed by atoms with Crippen molar-refractivity contribution in [1.29, 1.82) is 0 Å². The first kappa shape index (κ1) is 20.4. The van der Waals surface area contributed by atoms with Gasteiger partial charge in [-0.1, -0.05) is 35.6 Å². The Bertz CT molecular complexity index is 950. The highest BCUT2D eigenvalue weighted by molar-refractivity contribution is 7.80. The highest BCUT2D eigenvalue weighted by Gasteiger charge is 2.24. The van der Waals surface area contributed by atoms with Crippen LogP contribution in [0.1, 0.15) is 23.6 Å². The lowest BCUT2D eigenvalue weighted by molar-refractivity contribution is 0.150. The topological polar surface area (TPSA) is 64.8 Å². The van der Waals surface area contributed by atoms with Crippen molar-refractivity contribution in [1.82, 2.24) is 15.2 Å². The molecule has 8 heteroatoms. The Hall–Kier alpha value is -2.84. The van der Waals surface area contributed by atoms with Crippen LogP contribution in [0.3, 0.4) is 0 Å². The smallest absolute Gasteiger partial charge is 0.193 e. The van der Waals surface area contributed by atoms with Crippen molar-refractivity contribution < 1.29 is 4.74 Å². The number of piperazine rings is 1. The molecule has 4 rings (SSSR count). The molecular formula is C22H26N6OS. The van der Waals surface area contributed by atoms with Crippen molar-refractivity contribution in [2.45, 2.75) is 12.5 Å². The lowest BCUT2D eigenvalue weighted by Crippen LogP contribution is -2.41. The Kier molecular flexibility index (Phi) is 6.35. The number of benzene rings is 2. The Morgan fingerprint density at radius 1 is 1.07 bits per heavy atom. The molecule has 0 aliphatic carbocycles. The van der Waals surface area contributed by atoms with Crippen LogP contribution in [0.4, 0.5) is 5.69 Å². The van der Waals surface area contributed by atoms with Gasteiger partial charge in [-0.2, -0.15) is 0 Å². The summed E-state index contributed by atoms with van der Waals surface area (Å²) in [5, 5.41) is 14.6. The molecule has 1 fully saturated rings. The predicted molar refractivity (Wildman–Crippen MR) is 123 cm³/mol. The summed E-state index contributed by atoms with van der Waals surface area (Å²) < 4.78 is 5.52. The van der Waals surface area contributed by atoms with Gasteiger partial charge in [0.15, 0.2) is 5.11 Å². The zero-order valence-corrected chi connectivity index (χ0v) is 18.1.